The lowest BCUT2D eigenvalue weighted by Gasteiger charge is -2.31. The third kappa shape index (κ3) is 2.98. The van der Waals surface area contributed by atoms with Crippen LogP contribution < -0.4 is 10.6 Å². The monoisotopic (exact) mass is 352 g/mol. The highest BCUT2D eigenvalue weighted by Crippen LogP contribution is 2.38. The molecule has 0 spiro atoms. The number of hydrogen-bond donors (Lipinski definition) is 1. The van der Waals surface area contributed by atoms with Gasteiger partial charge in [0.05, 0.1) is 5.39 Å². The molecule has 128 valence electrons. The quantitative estimate of drug-likeness (QED) is 0.784. The normalized spacial score (nSPS) is 15.6. The van der Waals surface area contributed by atoms with Gasteiger partial charge in [0.25, 0.3) is 0 Å². The highest BCUT2D eigenvalue weighted by atomic mass is 32.1. The lowest BCUT2D eigenvalue weighted by molar-refractivity contribution is -0.122. The Morgan fingerprint density at radius 3 is 2.60 bits per heavy atom. The summed E-state index contributed by atoms with van der Waals surface area (Å²) >= 11 is 1.64. The molecule has 3 heterocycles. The molecule has 5 nitrogen and oxygen atoms in total. The van der Waals surface area contributed by atoms with Crippen LogP contribution in [0, 0.1) is 12.8 Å². The van der Waals surface area contributed by atoms with Crippen molar-refractivity contribution in [2.24, 2.45) is 11.7 Å². The minimum atomic E-state index is -0.191. The number of nitrogens with zero attached hydrogens (tertiary/aromatic N) is 3. The van der Waals surface area contributed by atoms with Gasteiger partial charge < -0.3 is 10.6 Å². The summed E-state index contributed by atoms with van der Waals surface area (Å²) < 4.78 is 0. The van der Waals surface area contributed by atoms with Crippen molar-refractivity contribution in [3.63, 3.8) is 0 Å². The highest BCUT2D eigenvalue weighted by molar-refractivity contribution is 7.17. The van der Waals surface area contributed by atoms with E-state index in [1.54, 1.807) is 17.7 Å². The highest BCUT2D eigenvalue weighted by Gasteiger charge is 2.26. The van der Waals surface area contributed by atoms with Crippen LogP contribution in [0.5, 0.6) is 0 Å². The zero-order valence-corrected chi connectivity index (χ0v) is 14.9. The maximum atomic E-state index is 11.4. The maximum Gasteiger partial charge on any atom is 0.220 e. The number of anilines is 1. The lowest BCUT2D eigenvalue weighted by atomic mass is 9.96. The Morgan fingerprint density at radius 1 is 1.20 bits per heavy atom. The summed E-state index contributed by atoms with van der Waals surface area (Å²) in [5.41, 5.74) is 9.05. The number of thiophene rings is 1. The van der Waals surface area contributed by atoms with Crippen LogP contribution in [0.2, 0.25) is 0 Å². The first-order valence-corrected chi connectivity index (χ1v) is 9.35. The summed E-state index contributed by atoms with van der Waals surface area (Å²) in [7, 11) is 0. The van der Waals surface area contributed by atoms with Gasteiger partial charge in [-0.15, -0.1) is 11.3 Å². The molecule has 2 N–H and O–H groups in total. The van der Waals surface area contributed by atoms with Crippen LogP contribution in [0.25, 0.3) is 21.3 Å². The molecule has 0 unspecified atom stereocenters. The van der Waals surface area contributed by atoms with Crippen LogP contribution in [0.1, 0.15) is 18.4 Å². The molecule has 0 radical (unpaired) electrons. The van der Waals surface area contributed by atoms with E-state index in [9.17, 15) is 4.79 Å². The van der Waals surface area contributed by atoms with E-state index in [-0.39, 0.29) is 11.8 Å². The van der Waals surface area contributed by atoms with Gasteiger partial charge in [-0.05, 0) is 25.3 Å². The smallest absolute Gasteiger partial charge is 0.220 e. The Bertz CT molecular complexity index is 911. The van der Waals surface area contributed by atoms with Gasteiger partial charge in [0.1, 0.15) is 17.0 Å². The van der Waals surface area contributed by atoms with Crippen LogP contribution in [-0.4, -0.2) is 29.0 Å². The Kier molecular flexibility index (Phi) is 4.13. The fourth-order valence-electron chi connectivity index (χ4n) is 3.42. The summed E-state index contributed by atoms with van der Waals surface area (Å²) in [5.74, 6) is 0.751. The predicted molar refractivity (Wildman–Crippen MR) is 102 cm³/mol. The third-order valence-corrected chi connectivity index (χ3v) is 5.80. The van der Waals surface area contributed by atoms with Gasteiger partial charge >= 0.3 is 0 Å². The van der Waals surface area contributed by atoms with E-state index in [0.29, 0.717) is 0 Å². The van der Waals surface area contributed by atoms with Crippen LogP contribution in [0.15, 0.2) is 36.0 Å². The molecule has 6 heteroatoms. The van der Waals surface area contributed by atoms with Gasteiger partial charge in [0.2, 0.25) is 5.91 Å². The van der Waals surface area contributed by atoms with Gasteiger partial charge in [-0.2, -0.15) is 0 Å². The number of aromatic nitrogens is 2. The molecule has 1 aromatic carbocycles. The van der Waals surface area contributed by atoms with Crippen molar-refractivity contribution < 1.29 is 4.79 Å². The van der Waals surface area contributed by atoms with Crippen LogP contribution in [0.3, 0.4) is 0 Å². The van der Waals surface area contributed by atoms with E-state index in [4.69, 9.17) is 5.73 Å². The van der Waals surface area contributed by atoms with Crippen molar-refractivity contribution in [2.75, 3.05) is 18.0 Å². The topological polar surface area (TPSA) is 72.1 Å². The Hall–Kier alpha value is -2.47. The van der Waals surface area contributed by atoms with Gasteiger partial charge in [-0.1, -0.05) is 29.8 Å². The minimum absolute atomic E-state index is 0.0207. The van der Waals surface area contributed by atoms with E-state index in [0.717, 1.165) is 42.0 Å². The van der Waals surface area contributed by atoms with Crippen molar-refractivity contribution >= 4 is 33.3 Å². The molecule has 1 aliphatic rings. The average molecular weight is 352 g/mol. The number of amides is 1. The van der Waals surface area contributed by atoms with Crippen molar-refractivity contribution in [3.05, 3.63) is 41.5 Å². The Labute approximate surface area is 150 Å². The first-order valence-electron chi connectivity index (χ1n) is 8.47. The molecule has 1 amide bonds. The summed E-state index contributed by atoms with van der Waals surface area (Å²) in [6.07, 6.45) is 3.20. The SMILES string of the molecule is Cc1ccc(-c2csc3ncnc(N4CCC(C(N)=O)CC4)c23)cc1. The summed E-state index contributed by atoms with van der Waals surface area (Å²) in [6.45, 7) is 3.68. The summed E-state index contributed by atoms with van der Waals surface area (Å²) in [6, 6.07) is 8.54. The van der Waals surface area contributed by atoms with E-state index < -0.39 is 0 Å². The van der Waals surface area contributed by atoms with Gasteiger partial charge in [0, 0.05) is 30.0 Å². The Balaban J connectivity index is 1.74. The van der Waals surface area contributed by atoms with Crippen LogP contribution >= 0.6 is 11.3 Å². The molecule has 0 aliphatic carbocycles. The fourth-order valence-corrected chi connectivity index (χ4v) is 4.33. The molecule has 25 heavy (non-hydrogen) atoms. The largest absolute Gasteiger partial charge is 0.369 e. The predicted octanol–water partition coefficient (Wildman–Crippen LogP) is 3.37. The van der Waals surface area contributed by atoms with Crippen LogP contribution in [-0.2, 0) is 4.79 Å². The standard InChI is InChI=1S/C19H20N4OS/c1-12-2-4-13(5-3-12)15-10-25-19-16(15)18(21-11-22-19)23-8-6-14(7-9-23)17(20)24/h2-5,10-11,14H,6-9H2,1H3,(H2,20,24). The van der Waals surface area contributed by atoms with Crippen molar-refractivity contribution in [2.45, 2.75) is 19.8 Å². The van der Waals surface area contributed by atoms with Crippen molar-refractivity contribution in [1.29, 1.82) is 0 Å². The zero-order valence-electron chi connectivity index (χ0n) is 14.1. The first kappa shape index (κ1) is 16.0. The second-order valence-corrected chi connectivity index (χ2v) is 7.41. The van der Waals surface area contributed by atoms with E-state index >= 15 is 0 Å². The number of rotatable bonds is 3. The number of benzene rings is 1. The van der Waals surface area contributed by atoms with Gasteiger partial charge in [0.15, 0.2) is 0 Å². The maximum absolute atomic E-state index is 11.4. The van der Waals surface area contributed by atoms with Gasteiger partial charge in [-0.3, -0.25) is 4.79 Å². The lowest BCUT2D eigenvalue weighted by Crippen LogP contribution is -2.39. The van der Waals surface area contributed by atoms with Crippen molar-refractivity contribution in [1.82, 2.24) is 9.97 Å². The Morgan fingerprint density at radius 2 is 1.92 bits per heavy atom. The molecular formula is C19H20N4OS. The average Bonchev–Trinajstić information content (AvgIpc) is 3.07. The fraction of sp³-hybridized carbons (Fsp3) is 0.316. The minimum Gasteiger partial charge on any atom is -0.369 e. The number of piperidine rings is 1. The number of hydrogen-bond acceptors (Lipinski definition) is 5. The molecule has 1 fully saturated rings. The number of nitrogens with two attached hydrogens (primary N) is 1. The van der Waals surface area contributed by atoms with Gasteiger partial charge in [-0.25, -0.2) is 9.97 Å². The van der Waals surface area contributed by atoms with E-state index in [2.05, 4.69) is 51.4 Å². The number of carbonyl (C=O) groups is 1. The second kappa shape index (κ2) is 6.44. The molecule has 3 aromatic rings. The third-order valence-electron chi connectivity index (χ3n) is 4.91. The second-order valence-electron chi connectivity index (χ2n) is 6.56. The molecule has 1 aliphatic heterocycles. The van der Waals surface area contributed by atoms with E-state index in [1.165, 1.54) is 16.7 Å². The first-order chi connectivity index (χ1) is 12.1. The number of carbonyl (C=O) groups excluding carboxylic acids is 1. The number of aryl methyl sites for hydroxylation is 1. The molecule has 0 bridgehead atoms. The van der Waals surface area contributed by atoms with Crippen molar-refractivity contribution in [3.8, 4) is 11.1 Å². The molecular weight excluding hydrogens is 332 g/mol. The van der Waals surface area contributed by atoms with E-state index in [1.807, 2.05) is 0 Å². The summed E-state index contributed by atoms with van der Waals surface area (Å²) in [5, 5.41) is 3.26. The number of fused-ring (bicyclic) bond motifs is 1. The molecule has 4 rings (SSSR count). The molecule has 0 saturated carbocycles. The molecule has 0 atom stereocenters. The molecule has 1 saturated heterocycles. The number of primary amides is 1. The molecule has 2 aromatic heterocycles. The zero-order chi connectivity index (χ0) is 17.4. The summed E-state index contributed by atoms with van der Waals surface area (Å²) in [4.78, 5) is 23.7. The van der Waals surface area contributed by atoms with Crippen LogP contribution in [0.4, 0.5) is 5.82 Å².